The van der Waals surface area contributed by atoms with Crippen LogP contribution in [0.25, 0.3) is 0 Å². The number of carbonyl (C=O) groups excluding carboxylic acids is 1. The van der Waals surface area contributed by atoms with Crippen LogP contribution in [0.1, 0.15) is 41.1 Å². The Hall–Kier alpha value is -4.35. The van der Waals surface area contributed by atoms with Gasteiger partial charge in [-0.15, -0.1) is 0 Å². The number of ether oxygens (including phenoxy) is 2. The molecule has 2 fully saturated rings. The number of hydrogen-bond donors (Lipinski definition) is 3. The average molecular weight is 595 g/mol. The number of aliphatic hydroxyl groups excluding tert-OH is 1. The predicted molar refractivity (Wildman–Crippen MR) is 168 cm³/mol. The number of nitrogens with one attached hydrogen (secondary N) is 2. The van der Waals surface area contributed by atoms with Gasteiger partial charge in [-0.3, -0.25) is 4.90 Å². The van der Waals surface area contributed by atoms with Crippen LogP contribution in [0.4, 0.5) is 16.4 Å². The number of anilines is 2. The third-order valence-corrected chi connectivity index (χ3v) is 8.00. The summed E-state index contributed by atoms with van der Waals surface area (Å²) in [5.74, 6) is 0.767. The van der Waals surface area contributed by atoms with E-state index in [-0.39, 0.29) is 24.8 Å². The maximum atomic E-state index is 12.6. The van der Waals surface area contributed by atoms with Crippen molar-refractivity contribution in [3.05, 3.63) is 120 Å². The summed E-state index contributed by atoms with van der Waals surface area (Å²) >= 11 is 0. The number of piperazine rings is 1. The smallest absolute Gasteiger partial charge is 0.319 e. The summed E-state index contributed by atoms with van der Waals surface area (Å²) in [5.41, 5.74) is 4.42. The predicted octanol–water partition coefficient (Wildman–Crippen LogP) is 4.66. The van der Waals surface area contributed by atoms with Gasteiger partial charge in [0, 0.05) is 69.3 Å². The van der Waals surface area contributed by atoms with Crippen LogP contribution in [0.3, 0.4) is 0 Å². The lowest BCUT2D eigenvalue weighted by atomic mass is 9.99. The first kappa shape index (κ1) is 29.7. The van der Waals surface area contributed by atoms with E-state index < -0.39 is 6.29 Å². The van der Waals surface area contributed by atoms with Crippen LogP contribution in [0, 0.1) is 0 Å². The lowest BCUT2D eigenvalue weighted by Gasteiger charge is -2.40. The first-order valence-corrected chi connectivity index (χ1v) is 15.1. The van der Waals surface area contributed by atoms with Crippen molar-refractivity contribution in [1.82, 2.24) is 20.2 Å². The zero-order valence-electron chi connectivity index (χ0n) is 24.6. The third-order valence-electron chi connectivity index (χ3n) is 8.00. The van der Waals surface area contributed by atoms with Gasteiger partial charge in [-0.05, 0) is 34.9 Å². The average Bonchev–Trinajstić information content (AvgIpc) is 3.08. The highest BCUT2D eigenvalue weighted by Crippen LogP contribution is 2.38. The van der Waals surface area contributed by atoms with Crippen molar-refractivity contribution in [3.63, 3.8) is 0 Å². The van der Waals surface area contributed by atoms with E-state index in [9.17, 15) is 9.90 Å². The number of urea groups is 1. The minimum atomic E-state index is -0.607. The Morgan fingerprint density at radius 1 is 0.841 bits per heavy atom. The molecule has 0 spiro atoms. The van der Waals surface area contributed by atoms with Gasteiger partial charge in [0.15, 0.2) is 6.29 Å². The van der Waals surface area contributed by atoms with Crippen molar-refractivity contribution in [2.24, 2.45) is 0 Å². The summed E-state index contributed by atoms with van der Waals surface area (Å²) in [4.78, 5) is 26.1. The molecule has 44 heavy (non-hydrogen) atoms. The largest absolute Gasteiger partial charge is 0.392 e. The van der Waals surface area contributed by atoms with E-state index >= 15 is 0 Å². The van der Waals surface area contributed by atoms with Gasteiger partial charge in [0.1, 0.15) is 0 Å². The van der Waals surface area contributed by atoms with Gasteiger partial charge in [-0.2, -0.15) is 0 Å². The van der Waals surface area contributed by atoms with Crippen LogP contribution in [0.2, 0.25) is 0 Å². The highest BCUT2D eigenvalue weighted by Gasteiger charge is 2.34. The Morgan fingerprint density at radius 3 is 2.36 bits per heavy atom. The second kappa shape index (κ2) is 14.4. The molecule has 2 aliphatic heterocycles. The van der Waals surface area contributed by atoms with Crippen molar-refractivity contribution in [1.29, 1.82) is 0 Å². The molecular formula is C34H38N6O4. The molecule has 0 saturated carbocycles. The van der Waals surface area contributed by atoms with E-state index in [1.807, 2.05) is 84.9 Å². The summed E-state index contributed by atoms with van der Waals surface area (Å²) in [6.45, 7) is 4.68. The summed E-state index contributed by atoms with van der Waals surface area (Å²) in [5, 5.41) is 15.4. The van der Waals surface area contributed by atoms with E-state index in [2.05, 4.69) is 30.4 Å². The number of nitrogens with zero attached hydrogens (tertiary/aromatic N) is 4. The van der Waals surface area contributed by atoms with E-state index in [1.165, 1.54) is 0 Å². The summed E-state index contributed by atoms with van der Waals surface area (Å²) in [7, 11) is 0. The zero-order chi connectivity index (χ0) is 30.1. The van der Waals surface area contributed by atoms with Gasteiger partial charge in [0.2, 0.25) is 5.95 Å². The normalized spacial score (nSPS) is 20.7. The van der Waals surface area contributed by atoms with E-state index in [4.69, 9.17) is 9.47 Å². The molecule has 0 bridgehead atoms. The van der Waals surface area contributed by atoms with E-state index in [0.29, 0.717) is 18.7 Å². The minimum absolute atomic E-state index is 0.00111. The molecule has 6 rings (SSSR count). The Bertz CT molecular complexity index is 1480. The monoisotopic (exact) mass is 594 g/mol. The molecule has 10 heteroatoms. The third kappa shape index (κ3) is 7.78. The maximum absolute atomic E-state index is 12.6. The number of benzene rings is 3. The van der Waals surface area contributed by atoms with Gasteiger partial charge >= 0.3 is 6.03 Å². The molecule has 1 aromatic heterocycles. The molecule has 3 aromatic carbocycles. The van der Waals surface area contributed by atoms with Crippen molar-refractivity contribution in [2.75, 3.05) is 42.9 Å². The molecule has 3 heterocycles. The van der Waals surface area contributed by atoms with Crippen LogP contribution in [0.15, 0.2) is 97.3 Å². The van der Waals surface area contributed by atoms with Gasteiger partial charge < -0.3 is 30.1 Å². The van der Waals surface area contributed by atoms with Crippen LogP contribution in [0.5, 0.6) is 0 Å². The summed E-state index contributed by atoms with van der Waals surface area (Å²) in [6.07, 6.45) is 3.40. The molecule has 3 N–H and O–H groups in total. The summed E-state index contributed by atoms with van der Waals surface area (Å²) < 4.78 is 13.1. The molecule has 3 atom stereocenters. The highest BCUT2D eigenvalue weighted by atomic mass is 16.7. The van der Waals surface area contributed by atoms with E-state index in [1.54, 1.807) is 12.4 Å². The molecule has 228 valence electrons. The van der Waals surface area contributed by atoms with Gasteiger partial charge in [-0.1, -0.05) is 66.7 Å². The van der Waals surface area contributed by atoms with Gasteiger partial charge in [0.25, 0.3) is 0 Å². The molecular weight excluding hydrogens is 556 g/mol. The fraction of sp³-hybridized carbons (Fsp3) is 0.324. The molecule has 0 radical (unpaired) electrons. The minimum Gasteiger partial charge on any atom is -0.392 e. The molecule has 0 aliphatic carbocycles. The molecule has 10 nitrogen and oxygen atoms in total. The maximum Gasteiger partial charge on any atom is 0.319 e. The Morgan fingerprint density at radius 2 is 1.61 bits per heavy atom. The number of hydrogen-bond acceptors (Lipinski definition) is 8. The van der Waals surface area contributed by atoms with Crippen LogP contribution in [-0.2, 0) is 22.6 Å². The van der Waals surface area contributed by atoms with Crippen molar-refractivity contribution in [3.8, 4) is 0 Å². The number of amides is 2. The van der Waals surface area contributed by atoms with Crippen LogP contribution >= 0.6 is 0 Å². The van der Waals surface area contributed by atoms with Crippen molar-refractivity contribution >= 4 is 17.7 Å². The molecule has 0 unspecified atom stereocenters. The number of aliphatic hydroxyl groups is 1. The lowest BCUT2D eigenvalue weighted by molar-refractivity contribution is -0.253. The fourth-order valence-electron chi connectivity index (χ4n) is 5.62. The van der Waals surface area contributed by atoms with Crippen molar-refractivity contribution < 1.29 is 19.4 Å². The number of aromatic nitrogens is 2. The quantitative estimate of drug-likeness (QED) is 0.257. The standard InChI is InChI=1S/C34H38N6O4/c41-24-26-10-12-27(13-11-26)31-21-30(23-39-16-18-40(19-17-39)33-35-14-5-15-36-33)43-32(44-31)28-8-4-9-29(20-28)38-34(42)37-22-25-6-2-1-3-7-25/h1-15,20,30-32,41H,16-19,21-24H2,(H2,37,38,42)/t30-,31+,32+/m1/s1. The topological polar surface area (TPSA) is 112 Å². The first-order valence-electron chi connectivity index (χ1n) is 15.1. The molecule has 2 amide bonds. The highest BCUT2D eigenvalue weighted by molar-refractivity contribution is 5.89. The summed E-state index contributed by atoms with van der Waals surface area (Å²) in [6, 6.07) is 26.9. The molecule has 2 saturated heterocycles. The molecule has 2 aliphatic rings. The zero-order valence-corrected chi connectivity index (χ0v) is 24.6. The lowest BCUT2D eigenvalue weighted by Crippen LogP contribution is -2.50. The Kier molecular flexibility index (Phi) is 9.73. The SMILES string of the molecule is O=C(NCc1ccccc1)Nc1cccc([C@H]2O[C@@H](CN3CCN(c4ncccn4)CC3)C[C@@H](c3ccc(CO)cc3)O2)c1. The van der Waals surface area contributed by atoms with Crippen molar-refractivity contribution in [2.45, 2.75) is 38.1 Å². The second-order valence-electron chi connectivity index (χ2n) is 11.1. The second-order valence-corrected chi connectivity index (χ2v) is 11.1. The number of carbonyl (C=O) groups is 1. The Labute approximate surface area is 257 Å². The van der Waals surface area contributed by atoms with E-state index in [0.717, 1.165) is 60.9 Å². The molecule has 4 aromatic rings. The van der Waals surface area contributed by atoms with Crippen LogP contribution in [-0.4, -0.2) is 64.8 Å². The fourth-order valence-corrected chi connectivity index (χ4v) is 5.62. The number of rotatable bonds is 9. The van der Waals surface area contributed by atoms with Gasteiger partial charge in [0.05, 0.1) is 18.8 Å². The van der Waals surface area contributed by atoms with Crippen LogP contribution < -0.4 is 15.5 Å². The first-order chi connectivity index (χ1) is 21.6. The van der Waals surface area contributed by atoms with Gasteiger partial charge in [-0.25, -0.2) is 14.8 Å². The Balaban J connectivity index is 1.13.